The Kier molecular flexibility index (Phi) is 11.5. The topological polar surface area (TPSA) is 40.6 Å². The SMILES string of the molecule is C.CCC(c1cccc(C(C)N(C(=O)C(F)(F)F)c2c(F)c(F)c(F)c(F)c2F)c1)N(C(=O)C(F)(F)F)c1c(F)c(F)c(F)c(F)c1F. The molecule has 3 aromatic carbocycles. The van der Waals surface area contributed by atoms with E-state index in [1.807, 2.05) is 0 Å². The highest BCUT2D eigenvalue weighted by Crippen LogP contribution is 2.42. The van der Waals surface area contributed by atoms with Crippen molar-refractivity contribution in [2.45, 2.75) is 52.1 Å². The molecule has 0 spiro atoms. The first-order chi connectivity index (χ1) is 21.5. The van der Waals surface area contributed by atoms with Crippen LogP contribution in [0.5, 0.6) is 0 Å². The molecule has 0 aliphatic rings. The van der Waals surface area contributed by atoms with Gasteiger partial charge in [0.15, 0.2) is 46.5 Å². The lowest BCUT2D eigenvalue weighted by Gasteiger charge is -2.34. The molecule has 0 aliphatic carbocycles. The van der Waals surface area contributed by atoms with Gasteiger partial charge >= 0.3 is 24.2 Å². The number of alkyl halides is 6. The average molecular weight is 718 g/mol. The van der Waals surface area contributed by atoms with Gasteiger partial charge in [-0.3, -0.25) is 19.4 Å². The molecule has 2 unspecified atom stereocenters. The summed E-state index contributed by atoms with van der Waals surface area (Å²) in [6, 6.07) is -2.10. The van der Waals surface area contributed by atoms with Crippen molar-refractivity contribution in [2.75, 3.05) is 9.80 Å². The molecule has 20 heteroatoms. The maximum Gasteiger partial charge on any atom is 0.471 e. The minimum absolute atomic E-state index is 0. The highest BCUT2D eigenvalue weighted by Gasteiger charge is 2.49. The summed E-state index contributed by atoms with van der Waals surface area (Å²) in [6.45, 7) is 1.46. The Bertz CT molecular complexity index is 1680. The van der Waals surface area contributed by atoms with E-state index in [0.29, 0.717) is 13.0 Å². The molecule has 2 amide bonds. The largest absolute Gasteiger partial charge is 0.471 e. The predicted molar refractivity (Wildman–Crippen MR) is 134 cm³/mol. The molecule has 0 saturated heterocycles. The van der Waals surface area contributed by atoms with Crippen LogP contribution in [-0.2, 0) is 9.59 Å². The fourth-order valence-electron chi connectivity index (χ4n) is 4.50. The van der Waals surface area contributed by atoms with Crippen LogP contribution in [0.15, 0.2) is 24.3 Å². The van der Waals surface area contributed by atoms with E-state index in [4.69, 9.17) is 0 Å². The molecule has 48 heavy (non-hydrogen) atoms. The van der Waals surface area contributed by atoms with Crippen LogP contribution in [0.1, 0.15) is 50.9 Å². The summed E-state index contributed by atoms with van der Waals surface area (Å²) < 4.78 is 223. The van der Waals surface area contributed by atoms with Crippen LogP contribution < -0.4 is 9.80 Å². The standard InChI is InChI=1S/C27H14F16N2O2.CH4/c1-3-11(45(25(47)27(41,42)43)23-20(36)16(32)13(29)17(33)21(23)37)10-6-4-5-9(7-10)8(2)44(24(46)26(38,39)40)22-18(34)14(30)12(28)15(31)19(22)35;/h4-8,11H,3H2,1-2H3;1H4. The van der Waals surface area contributed by atoms with Crippen LogP contribution in [0.25, 0.3) is 0 Å². The third-order valence-corrected chi connectivity index (χ3v) is 6.64. The van der Waals surface area contributed by atoms with Crippen molar-refractivity contribution in [2.24, 2.45) is 0 Å². The number of amides is 2. The predicted octanol–water partition coefficient (Wildman–Crippen LogP) is 9.42. The van der Waals surface area contributed by atoms with Crippen molar-refractivity contribution in [3.05, 3.63) is 93.6 Å². The number of carbonyl (C=O) groups is 2. The van der Waals surface area contributed by atoms with E-state index in [0.717, 1.165) is 25.1 Å². The fraction of sp³-hybridized carbons (Fsp3) is 0.286. The van der Waals surface area contributed by atoms with E-state index < -0.39 is 133 Å². The number of nitrogens with zero attached hydrogens (tertiary/aromatic N) is 2. The summed E-state index contributed by atoms with van der Waals surface area (Å²) in [5.74, 6) is -34.7. The maximum atomic E-state index is 14.7. The molecule has 0 bridgehead atoms. The summed E-state index contributed by atoms with van der Waals surface area (Å²) in [5, 5.41) is 0. The van der Waals surface area contributed by atoms with E-state index >= 15 is 0 Å². The van der Waals surface area contributed by atoms with E-state index in [1.54, 1.807) is 0 Å². The second-order valence-electron chi connectivity index (χ2n) is 9.45. The first-order valence-corrected chi connectivity index (χ1v) is 12.4. The third kappa shape index (κ3) is 6.87. The number of halogens is 16. The molecule has 3 rings (SSSR count). The Hall–Kier alpha value is -4.52. The zero-order chi connectivity index (χ0) is 36.1. The van der Waals surface area contributed by atoms with Crippen molar-refractivity contribution in [3.8, 4) is 0 Å². The number of benzene rings is 3. The minimum atomic E-state index is -6.06. The Morgan fingerprint density at radius 2 is 0.896 bits per heavy atom. The molecule has 0 aliphatic heterocycles. The zero-order valence-corrected chi connectivity index (χ0v) is 22.9. The third-order valence-electron chi connectivity index (χ3n) is 6.64. The van der Waals surface area contributed by atoms with Gasteiger partial charge < -0.3 is 0 Å². The van der Waals surface area contributed by atoms with Gasteiger partial charge in [0.25, 0.3) is 0 Å². The summed E-state index contributed by atoms with van der Waals surface area (Å²) >= 11 is 0. The van der Waals surface area contributed by atoms with Crippen molar-refractivity contribution in [3.63, 3.8) is 0 Å². The Balaban J connectivity index is 0.00000800. The number of anilines is 2. The zero-order valence-electron chi connectivity index (χ0n) is 22.9. The lowest BCUT2D eigenvalue weighted by atomic mass is 9.96. The minimum Gasteiger partial charge on any atom is -0.292 e. The van der Waals surface area contributed by atoms with Gasteiger partial charge in [0, 0.05) is 0 Å². The molecule has 3 aromatic rings. The van der Waals surface area contributed by atoms with Crippen molar-refractivity contribution in [1.82, 2.24) is 0 Å². The number of hydrogen-bond acceptors (Lipinski definition) is 2. The first-order valence-electron chi connectivity index (χ1n) is 12.4. The molecule has 2 atom stereocenters. The van der Waals surface area contributed by atoms with Crippen molar-refractivity contribution >= 4 is 23.2 Å². The molecule has 264 valence electrons. The molecule has 0 N–H and O–H groups in total. The number of carbonyl (C=O) groups excluding carboxylic acids is 2. The Morgan fingerprint density at radius 1 is 0.583 bits per heavy atom. The second kappa shape index (κ2) is 13.9. The number of rotatable bonds is 7. The van der Waals surface area contributed by atoms with Crippen LogP contribution in [0, 0.1) is 58.2 Å². The maximum absolute atomic E-state index is 14.7. The van der Waals surface area contributed by atoms with Crippen molar-refractivity contribution < 1.29 is 79.8 Å². The molecular formula is C28H18F16N2O2. The first kappa shape index (κ1) is 39.7. The molecule has 4 nitrogen and oxygen atoms in total. The molecular weight excluding hydrogens is 700 g/mol. The molecule has 0 fully saturated rings. The van der Waals surface area contributed by atoms with E-state index in [9.17, 15) is 79.8 Å². The molecule has 0 radical (unpaired) electrons. The van der Waals surface area contributed by atoms with Gasteiger partial charge in [0.1, 0.15) is 11.4 Å². The summed E-state index contributed by atoms with van der Waals surface area (Å²) in [5.41, 5.74) is -6.34. The highest BCUT2D eigenvalue weighted by atomic mass is 19.4. The normalized spacial score (nSPS) is 13.1. The van der Waals surface area contributed by atoms with Gasteiger partial charge in [-0.2, -0.15) is 26.3 Å². The van der Waals surface area contributed by atoms with E-state index in [2.05, 4.69) is 0 Å². The molecule has 0 saturated carbocycles. The van der Waals surface area contributed by atoms with Crippen molar-refractivity contribution in [1.29, 1.82) is 0 Å². The molecule has 0 aromatic heterocycles. The van der Waals surface area contributed by atoms with Crippen LogP contribution in [0.4, 0.5) is 81.6 Å². The smallest absolute Gasteiger partial charge is 0.292 e. The van der Waals surface area contributed by atoms with Gasteiger partial charge in [-0.05, 0) is 24.5 Å². The fourth-order valence-corrected chi connectivity index (χ4v) is 4.50. The second-order valence-corrected chi connectivity index (χ2v) is 9.45. The molecule has 0 heterocycles. The van der Waals surface area contributed by atoms with Crippen LogP contribution in [0.2, 0.25) is 0 Å². The average Bonchev–Trinajstić information content (AvgIpc) is 3.00. The Labute approximate surface area is 259 Å². The van der Waals surface area contributed by atoms with Gasteiger partial charge in [0.2, 0.25) is 11.6 Å². The van der Waals surface area contributed by atoms with Crippen LogP contribution in [0.3, 0.4) is 0 Å². The number of hydrogen-bond donors (Lipinski definition) is 0. The van der Waals surface area contributed by atoms with Gasteiger partial charge in [-0.1, -0.05) is 38.6 Å². The van der Waals surface area contributed by atoms with Crippen LogP contribution in [-0.4, -0.2) is 24.2 Å². The van der Waals surface area contributed by atoms with Gasteiger partial charge in [0.05, 0.1) is 12.1 Å². The van der Waals surface area contributed by atoms with E-state index in [-0.39, 0.29) is 7.43 Å². The summed E-state index contributed by atoms with van der Waals surface area (Å²) in [4.78, 5) is 22.9. The van der Waals surface area contributed by atoms with Gasteiger partial charge in [-0.25, -0.2) is 43.9 Å². The lowest BCUT2D eigenvalue weighted by molar-refractivity contribution is -0.171. The van der Waals surface area contributed by atoms with Crippen LogP contribution >= 0.6 is 0 Å². The summed E-state index contributed by atoms with van der Waals surface area (Å²) in [7, 11) is 0. The summed E-state index contributed by atoms with van der Waals surface area (Å²) in [6.07, 6.45) is -13.0. The quantitative estimate of drug-likeness (QED) is 0.139. The lowest BCUT2D eigenvalue weighted by Crippen LogP contribution is -2.45. The highest BCUT2D eigenvalue weighted by molar-refractivity contribution is 5.99. The monoisotopic (exact) mass is 718 g/mol. The Morgan fingerprint density at radius 3 is 1.25 bits per heavy atom. The van der Waals surface area contributed by atoms with Gasteiger partial charge in [-0.15, -0.1) is 0 Å². The van der Waals surface area contributed by atoms with E-state index in [1.165, 1.54) is 0 Å².